The molecule has 0 N–H and O–H groups in total. The number of hydrogen-bond donors (Lipinski definition) is 0. The Hall–Kier alpha value is -3.67. The summed E-state index contributed by atoms with van der Waals surface area (Å²) in [6.45, 7) is 6.40. The summed E-state index contributed by atoms with van der Waals surface area (Å²) in [6, 6.07) is 0. The van der Waals surface area contributed by atoms with Crippen molar-refractivity contribution < 1.29 is 28.6 Å². The summed E-state index contributed by atoms with van der Waals surface area (Å²) in [4.78, 5) is 38.1. The van der Waals surface area contributed by atoms with Crippen molar-refractivity contribution in [2.24, 2.45) is 0 Å². The summed E-state index contributed by atoms with van der Waals surface area (Å²) in [7, 11) is 0. The maximum absolute atomic E-state index is 12.8. The summed E-state index contributed by atoms with van der Waals surface area (Å²) in [5.41, 5.74) is 0. The van der Waals surface area contributed by atoms with Crippen LogP contribution in [0.15, 0.2) is 97.2 Å². The second kappa shape index (κ2) is 54.9. The summed E-state index contributed by atoms with van der Waals surface area (Å²) in [5.74, 6) is -0.987. The molecule has 0 aromatic rings. The third-order valence-electron chi connectivity index (χ3n) is 11.7. The highest BCUT2D eigenvalue weighted by molar-refractivity contribution is 5.71. The van der Waals surface area contributed by atoms with Crippen molar-refractivity contribution in [1.29, 1.82) is 0 Å². The number of unbranched alkanes of at least 4 members (excludes halogenated alkanes) is 27. The molecule has 0 spiro atoms. The Morgan fingerprint density at radius 2 is 0.612 bits per heavy atom. The van der Waals surface area contributed by atoms with Gasteiger partial charge in [-0.3, -0.25) is 14.4 Å². The van der Waals surface area contributed by atoms with Crippen molar-refractivity contribution >= 4 is 17.9 Å². The van der Waals surface area contributed by atoms with Gasteiger partial charge in [-0.2, -0.15) is 0 Å². The van der Waals surface area contributed by atoms with Crippen molar-refractivity contribution in [1.82, 2.24) is 0 Å². The Kier molecular flexibility index (Phi) is 51.9. The maximum atomic E-state index is 12.8. The standard InChI is InChI=1S/C61H102O6/c1-4-7-10-13-16-19-22-25-27-29-30-32-33-36-39-42-45-48-51-54-60(63)66-57-58(56-65-59(62)53-50-47-44-41-38-35-24-21-18-15-12-9-6-3)67-61(64)55-52-49-46-43-40-37-34-31-28-26-23-20-17-14-11-8-5-2/h9,12,15-16,18-19,21-22,24-26,28,35,38,41,44,58H,4-8,10-11,13-14,17,20,23,27,29-34,36-37,39-40,42-43,45-57H2,1-3H3/b12-9+,18-15+,19-16+,24-21+,25-22+,28-26+,38-35+,44-41+. The molecule has 0 amide bonds. The molecule has 6 heteroatoms. The van der Waals surface area contributed by atoms with Gasteiger partial charge in [0.25, 0.3) is 0 Å². The van der Waals surface area contributed by atoms with Gasteiger partial charge < -0.3 is 14.2 Å². The van der Waals surface area contributed by atoms with Crippen molar-refractivity contribution in [3.8, 4) is 0 Å². The molecule has 0 aliphatic heterocycles. The second-order valence-electron chi connectivity index (χ2n) is 18.3. The minimum absolute atomic E-state index is 0.104. The lowest BCUT2D eigenvalue weighted by Crippen LogP contribution is -2.30. The van der Waals surface area contributed by atoms with Crippen LogP contribution in [-0.4, -0.2) is 37.2 Å². The zero-order valence-electron chi connectivity index (χ0n) is 43.6. The predicted molar refractivity (Wildman–Crippen MR) is 288 cm³/mol. The lowest BCUT2D eigenvalue weighted by atomic mass is 10.1. The Morgan fingerprint density at radius 3 is 1.06 bits per heavy atom. The molecule has 0 aliphatic carbocycles. The van der Waals surface area contributed by atoms with Gasteiger partial charge in [-0.15, -0.1) is 0 Å². The van der Waals surface area contributed by atoms with Crippen LogP contribution in [0, 0.1) is 0 Å². The SMILES string of the molecule is CC/C=C/C=C/C=C/C=C/C=C/CCCC(=O)OCC(COC(=O)CCCCCCCCCCCC/C=C/C=C/CCCCC)OC(=O)CCCCCCCCC/C=C/CCCCCCCC. The summed E-state index contributed by atoms with van der Waals surface area (Å²) >= 11 is 0. The first-order valence-corrected chi connectivity index (χ1v) is 27.8. The molecule has 382 valence electrons. The van der Waals surface area contributed by atoms with Crippen LogP contribution < -0.4 is 0 Å². The fourth-order valence-corrected chi connectivity index (χ4v) is 7.52. The first-order chi connectivity index (χ1) is 33.0. The first-order valence-electron chi connectivity index (χ1n) is 27.8. The first kappa shape index (κ1) is 63.3. The fraction of sp³-hybridized carbons (Fsp3) is 0.689. The molecule has 1 unspecified atom stereocenters. The normalized spacial score (nSPS) is 12.8. The number of allylic oxidation sites excluding steroid dienone is 16. The van der Waals surface area contributed by atoms with Crippen LogP contribution in [0.3, 0.4) is 0 Å². The van der Waals surface area contributed by atoms with Gasteiger partial charge in [0.1, 0.15) is 13.2 Å². The third kappa shape index (κ3) is 53.2. The van der Waals surface area contributed by atoms with E-state index in [4.69, 9.17) is 14.2 Å². The molecule has 0 heterocycles. The number of rotatable bonds is 49. The highest BCUT2D eigenvalue weighted by Gasteiger charge is 2.19. The van der Waals surface area contributed by atoms with E-state index < -0.39 is 6.10 Å². The number of esters is 3. The van der Waals surface area contributed by atoms with Gasteiger partial charge in [0.2, 0.25) is 0 Å². The van der Waals surface area contributed by atoms with E-state index in [1.807, 2.05) is 54.7 Å². The lowest BCUT2D eigenvalue weighted by Gasteiger charge is -2.18. The molecule has 0 bridgehead atoms. The number of carbonyl (C=O) groups is 3. The number of hydrogen-bond acceptors (Lipinski definition) is 6. The quantitative estimate of drug-likeness (QED) is 0.0199. The van der Waals surface area contributed by atoms with E-state index in [2.05, 4.69) is 63.3 Å². The van der Waals surface area contributed by atoms with Gasteiger partial charge in [-0.1, -0.05) is 246 Å². The van der Waals surface area contributed by atoms with Gasteiger partial charge in [-0.25, -0.2) is 0 Å². The van der Waals surface area contributed by atoms with Crippen LogP contribution in [0.1, 0.15) is 252 Å². The largest absolute Gasteiger partial charge is 0.462 e. The molecule has 1 atom stereocenters. The summed E-state index contributed by atoms with van der Waals surface area (Å²) in [5, 5.41) is 0. The molecule has 0 aromatic carbocycles. The minimum Gasteiger partial charge on any atom is -0.462 e. The monoisotopic (exact) mass is 931 g/mol. The Balaban J connectivity index is 4.45. The molecule has 0 aliphatic rings. The van der Waals surface area contributed by atoms with E-state index in [-0.39, 0.29) is 37.5 Å². The zero-order valence-corrected chi connectivity index (χ0v) is 43.6. The highest BCUT2D eigenvalue weighted by atomic mass is 16.6. The van der Waals surface area contributed by atoms with Crippen molar-refractivity contribution in [2.75, 3.05) is 13.2 Å². The van der Waals surface area contributed by atoms with Gasteiger partial charge in [0, 0.05) is 19.3 Å². The average molecular weight is 931 g/mol. The van der Waals surface area contributed by atoms with Gasteiger partial charge in [0.05, 0.1) is 0 Å². The number of carbonyl (C=O) groups excluding carboxylic acids is 3. The minimum atomic E-state index is -0.811. The van der Waals surface area contributed by atoms with Crippen LogP contribution >= 0.6 is 0 Å². The van der Waals surface area contributed by atoms with Crippen LogP contribution in [0.2, 0.25) is 0 Å². The molecule has 0 fully saturated rings. The van der Waals surface area contributed by atoms with Gasteiger partial charge >= 0.3 is 17.9 Å². The number of ether oxygens (including phenoxy) is 3. The predicted octanol–water partition coefficient (Wildman–Crippen LogP) is 18.5. The zero-order chi connectivity index (χ0) is 48.6. The van der Waals surface area contributed by atoms with Crippen LogP contribution in [0.25, 0.3) is 0 Å². The van der Waals surface area contributed by atoms with E-state index in [1.165, 1.54) is 154 Å². The lowest BCUT2D eigenvalue weighted by molar-refractivity contribution is -0.167. The van der Waals surface area contributed by atoms with E-state index in [1.54, 1.807) is 0 Å². The molecular formula is C61H102O6. The maximum Gasteiger partial charge on any atom is 0.306 e. The summed E-state index contributed by atoms with van der Waals surface area (Å²) in [6.07, 6.45) is 72.6. The average Bonchev–Trinajstić information content (AvgIpc) is 3.33. The smallest absolute Gasteiger partial charge is 0.306 e. The van der Waals surface area contributed by atoms with Crippen molar-refractivity contribution in [2.45, 2.75) is 258 Å². The third-order valence-corrected chi connectivity index (χ3v) is 11.7. The summed E-state index contributed by atoms with van der Waals surface area (Å²) < 4.78 is 16.8. The molecule has 0 aromatic heterocycles. The second-order valence-corrected chi connectivity index (χ2v) is 18.3. The Morgan fingerprint density at radius 1 is 0.313 bits per heavy atom. The Labute approximate surface area is 413 Å². The molecule has 0 radical (unpaired) electrons. The van der Waals surface area contributed by atoms with Crippen LogP contribution in [-0.2, 0) is 28.6 Å². The topological polar surface area (TPSA) is 78.9 Å². The van der Waals surface area contributed by atoms with Crippen molar-refractivity contribution in [3.05, 3.63) is 97.2 Å². The van der Waals surface area contributed by atoms with E-state index >= 15 is 0 Å². The van der Waals surface area contributed by atoms with E-state index in [9.17, 15) is 14.4 Å². The van der Waals surface area contributed by atoms with Gasteiger partial charge in [-0.05, 0) is 83.5 Å². The Bertz CT molecular complexity index is 1350. The molecule has 6 nitrogen and oxygen atoms in total. The van der Waals surface area contributed by atoms with E-state index in [0.29, 0.717) is 19.3 Å². The van der Waals surface area contributed by atoms with Crippen LogP contribution in [0.5, 0.6) is 0 Å². The van der Waals surface area contributed by atoms with E-state index in [0.717, 1.165) is 51.4 Å². The molecule has 67 heavy (non-hydrogen) atoms. The fourth-order valence-electron chi connectivity index (χ4n) is 7.52. The van der Waals surface area contributed by atoms with Crippen LogP contribution in [0.4, 0.5) is 0 Å². The molecule has 0 saturated heterocycles. The van der Waals surface area contributed by atoms with Crippen molar-refractivity contribution in [3.63, 3.8) is 0 Å². The van der Waals surface area contributed by atoms with Gasteiger partial charge in [0.15, 0.2) is 6.10 Å². The highest BCUT2D eigenvalue weighted by Crippen LogP contribution is 2.15. The molecule has 0 rings (SSSR count). The molecule has 0 saturated carbocycles. The molecular weight excluding hydrogens is 829 g/mol.